The molecule has 1 aromatic rings. The Hall–Kier alpha value is -1.56. The van der Waals surface area contributed by atoms with E-state index in [-0.39, 0.29) is 12.1 Å². The number of amides is 1. The summed E-state index contributed by atoms with van der Waals surface area (Å²) in [5, 5.41) is 11.2. The third kappa shape index (κ3) is 5.04. The average Bonchev–Trinajstić information content (AvgIpc) is 2.37. The Bertz CT molecular complexity index is 487. The Morgan fingerprint density at radius 3 is 2.81 bits per heavy atom. The van der Waals surface area contributed by atoms with Gasteiger partial charge in [-0.05, 0) is 45.7 Å². The predicted molar refractivity (Wildman–Crippen MR) is 81.6 cm³/mol. The van der Waals surface area contributed by atoms with Gasteiger partial charge in [-0.25, -0.2) is 4.79 Å². The number of nitrogens with one attached hydrogen (secondary N) is 1. The molecule has 1 saturated heterocycles. The summed E-state index contributed by atoms with van der Waals surface area (Å²) in [5.74, 6) is 0.773. The van der Waals surface area contributed by atoms with Crippen molar-refractivity contribution in [1.29, 1.82) is 0 Å². The molecular weight excluding hydrogens is 292 g/mol. The van der Waals surface area contributed by atoms with Crippen molar-refractivity contribution in [3.05, 3.63) is 17.3 Å². The maximum Gasteiger partial charge on any atom is 0.407 e. The van der Waals surface area contributed by atoms with Gasteiger partial charge in [-0.15, -0.1) is 10.2 Å². The second-order valence-corrected chi connectivity index (χ2v) is 6.53. The minimum Gasteiger partial charge on any atom is -0.444 e. The summed E-state index contributed by atoms with van der Waals surface area (Å²) in [6, 6.07) is 3.60. The highest BCUT2D eigenvalue weighted by molar-refractivity contribution is 6.29. The zero-order valence-electron chi connectivity index (χ0n) is 12.6. The number of ether oxygens (including phenoxy) is 1. The van der Waals surface area contributed by atoms with Gasteiger partial charge in [0.1, 0.15) is 5.60 Å². The molecule has 116 valence electrons. The molecule has 6 nitrogen and oxygen atoms in total. The minimum absolute atomic E-state index is 0.0473. The molecule has 1 aliphatic rings. The molecule has 0 radical (unpaired) electrons. The number of hydrogen-bond acceptors (Lipinski definition) is 5. The van der Waals surface area contributed by atoms with E-state index < -0.39 is 5.60 Å². The van der Waals surface area contributed by atoms with Crippen molar-refractivity contribution in [2.24, 2.45) is 0 Å². The molecule has 1 fully saturated rings. The second kappa shape index (κ2) is 6.47. The fraction of sp³-hybridized carbons (Fsp3) is 0.643. The highest BCUT2D eigenvalue weighted by atomic mass is 35.5. The lowest BCUT2D eigenvalue weighted by Gasteiger charge is -2.34. The monoisotopic (exact) mass is 312 g/mol. The van der Waals surface area contributed by atoms with Gasteiger partial charge >= 0.3 is 6.09 Å². The Morgan fingerprint density at radius 1 is 1.43 bits per heavy atom. The van der Waals surface area contributed by atoms with E-state index in [0.717, 1.165) is 25.2 Å². The Kier molecular flexibility index (Phi) is 4.88. The number of carbonyl (C=O) groups excluding carboxylic acids is 1. The molecule has 0 saturated carbocycles. The van der Waals surface area contributed by atoms with Crippen molar-refractivity contribution in [3.8, 4) is 0 Å². The van der Waals surface area contributed by atoms with Crippen LogP contribution < -0.4 is 10.2 Å². The third-order valence-electron chi connectivity index (χ3n) is 3.08. The largest absolute Gasteiger partial charge is 0.444 e. The van der Waals surface area contributed by atoms with Crippen molar-refractivity contribution in [2.75, 3.05) is 18.0 Å². The van der Waals surface area contributed by atoms with Crippen LogP contribution in [0.15, 0.2) is 12.1 Å². The number of piperidine rings is 1. The lowest BCUT2D eigenvalue weighted by molar-refractivity contribution is 0.0500. The smallest absolute Gasteiger partial charge is 0.407 e. The Morgan fingerprint density at radius 2 is 2.19 bits per heavy atom. The summed E-state index contributed by atoms with van der Waals surface area (Å²) in [6.45, 7) is 7.13. The molecule has 0 unspecified atom stereocenters. The quantitative estimate of drug-likeness (QED) is 0.909. The van der Waals surface area contributed by atoms with Crippen LogP contribution in [0.2, 0.25) is 5.15 Å². The molecule has 2 heterocycles. The van der Waals surface area contributed by atoms with Crippen LogP contribution in [-0.4, -0.2) is 41.0 Å². The van der Waals surface area contributed by atoms with Gasteiger partial charge in [0.2, 0.25) is 0 Å². The van der Waals surface area contributed by atoms with Crippen molar-refractivity contribution in [2.45, 2.75) is 45.3 Å². The highest BCUT2D eigenvalue weighted by Gasteiger charge is 2.24. The number of aromatic nitrogens is 2. The SMILES string of the molecule is CC(C)(C)OC(=O)N[C@@H]1CCCN(c2ccc(Cl)nn2)C1. The van der Waals surface area contributed by atoms with Gasteiger partial charge in [0.05, 0.1) is 0 Å². The normalized spacial score (nSPS) is 19.2. The van der Waals surface area contributed by atoms with Gasteiger partial charge in [-0.1, -0.05) is 11.6 Å². The number of rotatable bonds is 2. The molecule has 1 amide bonds. The zero-order chi connectivity index (χ0) is 15.5. The first-order chi connectivity index (χ1) is 9.83. The maximum absolute atomic E-state index is 11.8. The summed E-state index contributed by atoms with van der Waals surface area (Å²) in [7, 11) is 0. The van der Waals surface area contributed by atoms with Gasteiger partial charge < -0.3 is 15.0 Å². The van der Waals surface area contributed by atoms with Crippen LogP contribution in [0.4, 0.5) is 10.6 Å². The summed E-state index contributed by atoms with van der Waals surface area (Å²) >= 11 is 5.74. The number of alkyl carbamates (subject to hydrolysis) is 1. The first-order valence-electron chi connectivity index (χ1n) is 7.07. The topological polar surface area (TPSA) is 67.3 Å². The molecule has 0 aliphatic carbocycles. The number of anilines is 1. The first kappa shape index (κ1) is 15.8. The van der Waals surface area contributed by atoms with Crippen LogP contribution >= 0.6 is 11.6 Å². The number of nitrogens with zero attached hydrogens (tertiary/aromatic N) is 3. The predicted octanol–water partition coefficient (Wildman–Crippen LogP) is 2.62. The van der Waals surface area contributed by atoms with Crippen LogP contribution in [0.3, 0.4) is 0 Å². The number of carbonyl (C=O) groups is 1. The van der Waals surface area contributed by atoms with E-state index >= 15 is 0 Å². The molecule has 1 aromatic heterocycles. The van der Waals surface area contributed by atoms with Gasteiger partial charge in [0.25, 0.3) is 0 Å². The highest BCUT2D eigenvalue weighted by Crippen LogP contribution is 2.18. The molecule has 0 spiro atoms. The Labute approximate surface area is 129 Å². The van der Waals surface area contributed by atoms with Crippen LogP contribution in [-0.2, 0) is 4.74 Å². The third-order valence-corrected chi connectivity index (χ3v) is 3.29. The van der Waals surface area contributed by atoms with E-state index in [9.17, 15) is 4.79 Å². The van der Waals surface area contributed by atoms with Gasteiger partial charge in [0, 0.05) is 19.1 Å². The summed E-state index contributed by atoms with van der Waals surface area (Å²) in [6.07, 6.45) is 1.53. The number of hydrogen-bond donors (Lipinski definition) is 1. The van der Waals surface area contributed by atoms with Crippen molar-refractivity contribution < 1.29 is 9.53 Å². The van der Waals surface area contributed by atoms with Crippen molar-refractivity contribution >= 4 is 23.5 Å². The molecule has 2 rings (SSSR count). The average molecular weight is 313 g/mol. The molecule has 1 atom stereocenters. The Balaban J connectivity index is 1.91. The molecule has 0 aromatic carbocycles. The molecule has 1 N–H and O–H groups in total. The summed E-state index contributed by atoms with van der Waals surface area (Å²) in [5.41, 5.74) is -0.486. The minimum atomic E-state index is -0.486. The van der Waals surface area contributed by atoms with Crippen LogP contribution in [0.5, 0.6) is 0 Å². The van der Waals surface area contributed by atoms with Gasteiger partial charge in [-0.3, -0.25) is 0 Å². The van der Waals surface area contributed by atoms with E-state index in [1.807, 2.05) is 26.8 Å². The summed E-state index contributed by atoms with van der Waals surface area (Å²) in [4.78, 5) is 13.9. The van der Waals surface area contributed by atoms with Crippen LogP contribution in [0, 0.1) is 0 Å². The van der Waals surface area contributed by atoms with Gasteiger partial charge in [-0.2, -0.15) is 0 Å². The standard InChI is InChI=1S/C14H21ClN4O2/c1-14(2,3)21-13(20)16-10-5-4-8-19(9-10)12-7-6-11(15)17-18-12/h6-7,10H,4-5,8-9H2,1-3H3,(H,16,20)/t10-/m1/s1. The second-order valence-electron chi connectivity index (χ2n) is 6.15. The molecule has 7 heteroatoms. The van der Waals surface area contributed by atoms with E-state index in [4.69, 9.17) is 16.3 Å². The fourth-order valence-corrected chi connectivity index (χ4v) is 2.36. The van der Waals surface area contributed by atoms with E-state index in [2.05, 4.69) is 20.4 Å². The van der Waals surface area contributed by atoms with Crippen LogP contribution in [0.25, 0.3) is 0 Å². The molecule has 0 bridgehead atoms. The lowest BCUT2D eigenvalue weighted by atomic mass is 10.1. The molecule has 1 aliphatic heterocycles. The van der Waals surface area contributed by atoms with E-state index in [0.29, 0.717) is 11.7 Å². The van der Waals surface area contributed by atoms with E-state index in [1.54, 1.807) is 6.07 Å². The number of halogens is 1. The lowest BCUT2D eigenvalue weighted by Crippen LogP contribution is -2.49. The zero-order valence-corrected chi connectivity index (χ0v) is 13.4. The summed E-state index contributed by atoms with van der Waals surface area (Å²) < 4.78 is 5.28. The van der Waals surface area contributed by atoms with Gasteiger partial charge in [0.15, 0.2) is 11.0 Å². The molecule has 21 heavy (non-hydrogen) atoms. The fourth-order valence-electron chi connectivity index (χ4n) is 2.25. The van der Waals surface area contributed by atoms with Crippen molar-refractivity contribution in [1.82, 2.24) is 15.5 Å². The first-order valence-corrected chi connectivity index (χ1v) is 7.45. The van der Waals surface area contributed by atoms with Crippen LogP contribution in [0.1, 0.15) is 33.6 Å². The molecular formula is C14H21ClN4O2. The van der Waals surface area contributed by atoms with E-state index in [1.165, 1.54) is 0 Å². The van der Waals surface area contributed by atoms with Crippen molar-refractivity contribution in [3.63, 3.8) is 0 Å². The maximum atomic E-state index is 11.8.